The average Bonchev–Trinajstić information content (AvgIpc) is 2.65. The maximum absolute atomic E-state index is 12.9. The summed E-state index contributed by atoms with van der Waals surface area (Å²) in [5, 5.41) is 13.7. The first-order chi connectivity index (χ1) is 12.9. The number of halogens is 1. The van der Waals surface area contributed by atoms with Crippen LogP contribution in [0.1, 0.15) is 18.1 Å². The molecule has 7 nitrogen and oxygen atoms in total. The zero-order chi connectivity index (χ0) is 19.8. The van der Waals surface area contributed by atoms with Crippen molar-refractivity contribution in [2.24, 2.45) is 0 Å². The van der Waals surface area contributed by atoms with Gasteiger partial charge in [-0.2, -0.15) is 0 Å². The lowest BCUT2D eigenvalue weighted by Gasteiger charge is -2.20. The number of hydrogen-bond donors (Lipinski definition) is 1. The molecule has 0 aliphatic carbocycles. The fourth-order valence-corrected chi connectivity index (χ4v) is 2.52. The molecule has 2 aromatic carbocycles. The van der Waals surface area contributed by atoms with Crippen LogP contribution in [0.15, 0.2) is 48.5 Å². The van der Waals surface area contributed by atoms with Crippen LogP contribution in [-0.2, 0) is 22.6 Å². The number of nitrogens with zero attached hydrogens (tertiary/aromatic N) is 2. The van der Waals surface area contributed by atoms with Crippen LogP contribution in [0.4, 0.5) is 10.1 Å². The van der Waals surface area contributed by atoms with E-state index in [4.69, 9.17) is 0 Å². The number of carbonyl (C=O) groups is 2. The Morgan fingerprint density at radius 2 is 1.81 bits per heavy atom. The van der Waals surface area contributed by atoms with E-state index >= 15 is 0 Å². The van der Waals surface area contributed by atoms with Crippen LogP contribution >= 0.6 is 0 Å². The topological polar surface area (TPSA) is 92.6 Å². The second kappa shape index (κ2) is 9.42. The van der Waals surface area contributed by atoms with E-state index in [1.165, 1.54) is 35.2 Å². The maximum Gasteiger partial charge on any atom is 0.273 e. The van der Waals surface area contributed by atoms with E-state index in [-0.39, 0.29) is 42.8 Å². The number of para-hydroxylation sites is 1. The summed E-state index contributed by atoms with van der Waals surface area (Å²) >= 11 is 0. The van der Waals surface area contributed by atoms with Crippen molar-refractivity contribution in [1.82, 2.24) is 10.2 Å². The SMILES string of the molecule is CCN(CC(=O)NCc1ccc(F)cc1)C(=O)Cc1ccccc1[N+](=O)[O-]. The normalized spacial score (nSPS) is 10.3. The van der Waals surface area contributed by atoms with Crippen LogP contribution in [0.5, 0.6) is 0 Å². The standard InChI is InChI=1S/C19H20FN3O4/c1-2-22(13-18(24)21-12-14-7-9-16(20)10-8-14)19(25)11-15-5-3-4-6-17(15)23(26)27/h3-10H,2,11-13H2,1H3,(H,21,24). The molecule has 0 aliphatic rings. The number of hydrogen-bond acceptors (Lipinski definition) is 4. The number of nitrogens with one attached hydrogen (secondary N) is 1. The smallest absolute Gasteiger partial charge is 0.273 e. The Kier molecular flexibility index (Phi) is 6.99. The minimum atomic E-state index is -0.533. The minimum absolute atomic E-state index is 0.123. The molecule has 0 bridgehead atoms. The van der Waals surface area contributed by atoms with Gasteiger partial charge >= 0.3 is 0 Å². The molecule has 142 valence electrons. The molecule has 0 aliphatic heterocycles. The molecule has 0 radical (unpaired) electrons. The number of nitro groups is 1. The predicted octanol–water partition coefficient (Wildman–Crippen LogP) is 2.44. The van der Waals surface area contributed by atoms with Crippen molar-refractivity contribution < 1.29 is 18.9 Å². The van der Waals surface area contributed by atoms with Crippen LogP contribution in [0.3, 0.4) is 0 Å². The lowest BCUT2D eigenvalue weighted by atomic mass is 10.1. The summed E-state index contributed by atoms with van der Waals surface area (Å²) in [6.45, 7) is 2.08. The third-order valence-corrected chi connectivity index (χ3v) is 4.00. The van der Waals surface area contributed by atoms with Crippen molar-refractivity contribution in [2.75, 3.05) is 13.1 Å². The van der Waals surface area contributed by atoms with Crippen LogP contribution in [-0.4, -0.2) is 34.7 Å². The fraction of sp³-hybridized carbons (Fsp3) is 0.263. The summed E-state index contributed by atoms with van der Waals surface area (Å²) in [6.07, 6.45) is -0.157. The molecule has 0 aromatic heterocycles. The predicted molar refractivity (Wildman–Crippen MR) is 97.3 cm³/mol. The van der Waals surface area contributed by atoms with Crippen LogP contribution in [0.2, 0.25) is 0 Å². The first-order valence-corrected chi connectivity index (χ1v) is 8.42. The molecule has 1 N–H and O–H groups in total. The van der Waals surface area contributed by atoms with Crippen molar-refractivity contribution >= 4 is 17.5 Å². The van der Waals surface area contributed by atoms with Gasteiger partial charge in [0.2, 0.25) is 11.8 Å². The van der Waals surface area contributed by atoms with Crippen molar-refractivity contribution in [2.45, 2.75) is 19.9 Å². The Balaban J connectivity index is 1.93. The van der Waals surface area contributed by atoms with Crippen LogP contribution < -0.4 is 5.32 Å². The van der Waals surface area contributed by atoms with Crippen molar-refractivity contribution in [3.05, 3.63) is 75.6 Å². The summed E-state index contributed by atoms with van der Waals surface area (Å²) in [5.41, 5.74) is 0.916. The molecule has 0 fully saturated rings. The molecule has 0 saturated carbocycles. The minimum Gasteiger partial charge on any atom is -0.350 e. The van der Waals surface area contributed by atoms with Gasteiger partial charge in [-0.3, -0.25) is 19.7 Å². The summed E-state index contributed by atoms with van der Waals surface area (Å²) < 4.78 is 12.9. The molecule has 27 heavy (non-hydrogen) atoms. The molecule has 2 amide bonds. The first-order valence-electron chi connectivity index (χ1n) is 8.42. The van der Waals surface area contributed by atoms with Gasteiger partial charge in [-0.1, -0.05) is 30.3 Å². The lowest BCUT2D eigenvalue weighted by Crippen LogP contribution is -2.41. The summed E-state index contributed by atoms with van der Waals surface area (Å²) in [5.74, 6) is -1.09. The molecule has 0 spiro atoms. The number of carbonyl (C=O) groups excluding carboxylic acids is 2. The third-order valence-electron chi connectivity index (χ3n) is 4.00. The van der Waals surface area contributed by atoms with Crippen LogP contribution in [0.25, 0.3) is 0 Å². The van der Waals surface area contributed by atoms with Crippen molar-refractivity contribution in [3.63, 3.8) is 0 Å². The largest absolute Gasteiger partial charge is 0.350 e. The van der Waals surface area contributed by atoms with E-state index < -0.39 is 4.92 Å². The van der Waals surface area contributed by atoms with Crippen molar-refractivity contribution in [3.8, 4) is 0 Å². The fourth-order valence-electron chi connectivity index (χ4n) is 2.52. The van der Waals surface area contributed by atoms with Crippen molar-refractivity contribution in [1.29, 1.82) is 0 Å². The van der Waals surface area contributed by atoms with Gasteiger partial charge in [-0.15, -0.1) is 0 Å². The zero-order valence-corrected chi connectivity index (χ0v) is 14.9. The molecule has 0 atom stereocenters. The van der Waals surface area contributed by atoms with Gasteiger partial charge in [0.1, 0.15) is 5.82 Å². The number of amides is 2. The average molecular weight is 373 g/mol. The highest BCUT2D eigenvalue weighted by Crippen LogP contribution is 2.18. The van der Waals surface area contributed by atoms with Gasteiger partial charge in [-0.05, 0) is 24.6 Å². The third kappa shape index (κ3) is 5.88. The van der Waals surface area contributed by atoms with E-state index in [1.54, 1.807) is 25.1 Å². The van der Waals surface area contributed by atoms with Gasteiger partial charge in [0.05, 0.1) is 17.9 Å². The zero-order valence-electron chi connectivity index (χ0n) is 14.9. The molecule has 0 unspecified atom stereocenters. The molecule has 2 aromatic rings. The van der Waals surface area contributed by atoms with Crippen LogP contribution in [0, 0.1) is 15.9 Å². The quantitative estimate of drug-likeness (QED) is 0.568. The Morgan fingerprint density at radius 3 is 2.44 bits per heavy atom. The number of nitro benzene ring substituents is 1. The highest BCUT2D eigenvalue weighted by molar-refractivity contribution is 5.86. The van der Waals surface area contributed by atoms with E-state index in [0.29, 0.717) is 12.1 Å². The van der Waals surface area contributed by atoms with Gasteiger partial charge < -0.3 is 10.2 Å². The monoisotopic (exact) mass is 373 g/mol. The molecule has 8 heteroatoms. The van der Waals surface area contributed by atoms with Gasteiger partial charge in [0.15, 0.2) is 0 Å². The Labute approximate surface area is 155 Å². The first kappa shape index (κ1) is 20.0. The highest BCUT2D eigenvalue weighted by atomic mass is 19.1. The summed E-state index contributed by atoms with van der Waals surface area (Å²) in [7, 11) is 0. The van der Waals surface area contributed by atoms with E-state index in [0.717, 1.165) is 5.56 Å². The van der Waals surface area contributed by atoms with Gasteiger partial charge in [-0.25, -0.2) is 4.39 Å². The molecule has 0 heterocycles. The van der Waals surface area contributed by atoms with E-state index in [2.05, 4.69) is 5.32 Å². The van der Waals surface area contributed by atoms with Gasteiger partial charge in [0.25, 0.3) is 5.69 Å². The lowest BCUT2D eigenvalue weighted by molar-refractivity contribution is -0.385. The Bertz CT molecular complexity index is 824. The van der Waals surface area contributed by atoms with E-state index in [9.17, 15) is 24.1 Å². The summed E-state index contributed by atoms with van der Waals surface area (Å²) in [4.78, 5) is 36.4. The number of rotatable bonds is 8. The Hall–Kier alpha value is -3.29. The summed E-state index contributed by atoms with van der Waals surface area (Å²) in [6, 6.07) is 11.8. The second-order valence-electron chi connectivity index (χ2n) is 5.87. The maximum atomic E-state index is 12.9. The number of benzene rings is 2. The Morgan fingerprint density at radius 1 is 1.15 bits per heavy atom. The molecular formula is C19H20FN3O4. The van der Waals surface area contributed by atoms with E-state index in [1.807, 2.05) is 0 Å². The second-order valence-corrected chi connectivity index (χ2v) is 5.87. The highest BCUT2D eigenvalue weighted by Gasteiger charge is 2.20. The molecular weight excluding hydrogens is 353 g/mol. The van der Waals surface area contributed by atoms with Gasteiger partial charge in [0, 0.05) is 24.7 Å². The number of likely N-dealkylation sites (N-methyl/N-ethyl adjacent to an activating group) is 1. The molecule has 0 saturated heterocycles. The molecule has 2 rings (SSSR count).